The quantitative estimate of drug-likeness (QED) is 0.572. The zero-order valence-corrected chi connectivity index (χ0v) is 13.0. The van der Waals surface area contributed by atoms with Crippen LogP contribution in [0, 0.1) is 27.7 Å². The molecule has 0 saturated carbocycles. The van der Waals surface area contributed by atoms with Gasteiger partial charge in [0.25, 0.3) is 0 Å². The highest BCUT2D eigenvalue weighted by atomic mass is 16.3. The van der Waals surface area contributed by atoms with Crippen molar-refractivity contribution in [2.24, 2.45) is 0 Å². The molecule has 0 aliphatic carbocycles. The van der Waals surface area contributed by atoms with Gasteiger partial charge in [-0.1, -0.05) is 24.3 Å². The fraction of sp³-hybridized carbons (Fsp3) is 0.200. The molecule has 0 radical (unpaired) electrons. The maximum atomic E-state index is 6.05. The van der Waals surface area contributed by atoms with Crippen molar-refractivity contribution in [1.29, 1.82) is 0 Å². The van der Waals surface area contributed by atoms with Crippen LogP contribution < -0.4 is 0 Å². The Morgan fingerprint density at radius 3 is 1.33 bits per heavy atom. The first kappa shape index (κ1) is 13.7. The van der Waals surface area contributed by atoms with Crippen LogP contribution in [-0.4, -0.2) is 0 Å². The molecule has 0 amide bonds. The number of benzene rings is 2. The molecule has 1 nitrogen and oxygen atoms in total. The Bertz CT molecular complexity index is 727. The lowest BCUT2D eigenvalue weighted by molar-refractivity contribution is 0.597. The minimum absolute atomic E-state index is 0.923. The van der Waals surface area contributed by atoms with Gasteiger partial charge in [-0.25, -0.2) is 0 Å². The topological polar surface area (TPSA) is 13.1 Å². The van der Waals surface area contributed by atoms with Crippen LogP contribution in [0.25, 0.3) is 22.6 Å². The average molecular weight is 276 g/mol. The van der Waals surface area contributed by atoms with Crippen molar-refractivity contribution in [3.63, 3.8) is 0 Å². The van der Waals surface area contributed by atoms with Crippen LogP contribution in [0.15, 0.2) is 52.9 Å². The molecule has 106 valence electrons. The van der Waals surface area contributed by atoms with Crippen molar-refractivity contribution in [3.05, 3.63) is 70.8 Å². The SMILES string of the molecule is Cc1ccc(-c2ccc(-c3ccc(C)c(C)c3)o2)cc1C. The Morgan fingerprint density at radius 2 is 0.952 bits per heavy atom. The molecule has 3 aromatic rings. The van der Waals surface area contributed by atoms with Gasteiger partial charge in [0.15, 0.2) is 0 Å². The standard InChI is InChI=1S/C20H20O/c1-13-5-7-17(11-15(13)3)19-9-10-20(21-19)18-8-6-14(2)16(4)12-18/h5-12H,1-4H3. The van der Waals surface area contributed by atoms with Crippen molar-refractivity contribution >= 4 is 0 Å². The predicted molar refractivity (Wildman–Crippen MR) is 88.5 cm³/mol. The molecule has 0 fully saturated rings. The third-order valence-electron chi connectivity index (χ3n) is 4.19. The van der Waals surface area contributed by atoms with E-state index in [1.165, 1.54) is 22.3 Å². The Labute approximate surface area is 126 Å². The predicted octanol–water partition coefficient (Wildman–Crippen LogP) is 5.85. The average Bonchev–Trinajstić information content (AvgIpc) is 2.94. The maximum Gasteiger partial charge on any atom is 0.134 e. The third-order valence-corrected chi connectivity index (χ3v) is 4.19. The lowest BCUT2D eigenvalue weighted by atomic mass is 10.0. The Morgan fingerprint density at radius 1 is 0.524 bits per heavy atom. The molecule has 0 atom stereocenters. The Kier molecular flexibility index (Phi) is 3.42. The minimum Gasteiger partial charge on any atom is -0.456 e. The van der Waals surface area contributed by atoms with E-state index in [0.717, 1.165) is 22.6 Å². The first-order valence-electron chi connectivity index (χ1n) is 7.29. The highest BCUT2D eigenvalue weighted by Crippen LogP contribution is 2.30. The number of rotatable bonds is 2. The lowest BCUT2D eigenvalue weighted by Crippen LogP contribution is -1.82. The summed E-state index contributed by atoms with van der Waals surface area (Å²) in [5, 5.41) is 0. The fourth-order valence-corrected chi connectivity index (χ4v) is 2.44. The largest absolute Gasteiger partial charge is 0.456 e. The summed E-state index contributed by atoms with van der Waals surface area (Å²) in [4.78, 5) is 0. The van der Waals surface area contributed by atoms with Crippen LogP contribution in [0.1, 0.15) is 22.3 Å². The van der Waals surface area contributed by atoms with E-state index in [9.17, 15) is 0 Å². The molecular weight excluding hydrogens is 256 g/mol. The number of aryl methyl sites for hydroxylation is 4. The highest BCUT2D eigenvalue weighted by Gasteiger charge is 2.08. The van der Waals surface area contributed by atoms with Crippen molar-refractivity contribution < 1.29 is 4.42 Å². The lowest BCUT2D eigenvalue weighted by Gasteiger charge is -2.04. The summed E-state index contributed by atoms with van der Waals surface area (Å²) in [6, 6.07) is 17.0. The van der Waals surface area contributed by atoms with Gasteiger partial charge in [-0.15, -0.1) is 0 Å². The zero-order chi connectivity index (χ0) is 15.0. The van der Waals surface area contributed by atoms with Crippen LogP contribution in [0.2, 0.25) is 0 Å². The monoisotopic (exact) mass is 276 g/mol. The van der Waals surface area contributed by atoms with Crippen LogP contribution in [-0.2, 0) is 0 Å². The van der Waals surface area contributed by atoms with Gasteiger partial charge >= 0.3 is 0 Å². The summed E-state index contributed by atoms with van der Waals surface area (Å²) in [5.41, 5.74) is 7.45. The third kappa shape index (κ3) is 2.64. The van der Waals surface area contributed by atoms with Gasteiger partial charge in [-0.2, -0.15) is 0 Å². The summed E-state index contributed by atoms with van der Waals surface area (Å²) < 4.78 is 6.05. The van der Waals surface area contributed by atoms with Crippen molar-refractivity contribution in [2.45, 2.75) is 27.7 Å². The van der Waals surface area contributed by atoms with Crippen LogP contribution >= 0.6 is 0 Å². The van der Waals surface area contributed by atoms with E-state index in [1.807, 2.05) is 0 Å². The summed E-state index contributed by atoms with van der Waals surface area (Å²) in [6.07, 6.45) is 0. The van der Waals surface area contributed by atoms with Crippen molar-refractivity contribution in [2.75, 3.05) is 0 Å². The molecule has 0 bridgehead atoms. The Balaban J connectivity index is 1.99. The molecule has 0 N–H and O–H groups in total. The second-order valence-electron chi connectivity index (χ2n) is 5.76. The molecule has 0 spiro atoms. The van der Waals surface area contributed by atoms with E-state index in [4.69, 9.17) is 4.42 Å². The van der Waals surface area contributed by atoms with Crippen LogP contribution in [0.3, 0.4) is 0 Å². The van der Waals surface area contributed by atoms with Gasteiger partial charge in [-0.3, -0.25) is 0 Å². The van der Waals surface area contributed by atoms with Gasteiger partial charge in [-0.05, 0) is 74.2 Å². The van der Waals surface area contributed by atoms with Gasteiger partial charge in [0.2, 0.25) is 0 Å². The Hall–Kier alpha value is -2.28. The number of hydrogen-bond acceptors (Lipinski definition) is 1. The summed E-state index contributed by atoms with van der Waals surface area (Å²) in [7, 11) is 0. The number of hydrogen-bond donors (Lipinski definition) is 0. The van der Waals surface area contributed by atoms with E-state index >= 15 is 0 Å². The van der Waals surface area contributed by atoms with E-state index < -0.39 is 0 Å². The van der Waals surface area contributed by atoms with E-state index in [2.05, 4.69) is 76.2 Å². The first-order chi connectivity index (χ1) is 10.0. The summed E-state index contributed by atoms with van der Waals surface area (Å²) >= 11 is 0. The molecule has 3 rings (SSSR count). The maximum absolute atomic E-state index is 6.05. The second-order valence-corrected chi connectivity index (χ2v) is 5.76. The van der Waals surface area contributed by atoms with Gasteiger partial charge in [0, 0.05) is 11.1 Å². The minimum atomic E-state index is 0.923. The van der Waals surface area contributed by atoms with E-state index in [-0.39, 0.29) is 0 Å². The summed E-state index contributed by atoms with van der Waals surface area (Å²) in [5.74, 6) is 1.85. The molecule has 1 heterocycles. The molecular formula is C20H20O. The van der Waals surface area contributed by atoms with Crippen LogP contribution in [0.4, 0.5) is 0 Å². The van der Waals surface area contributed by atoms with Gasteiger partial charge < -0.3 is 4.42 Å². The highest BCUT2D eigenvalue weighted by molar-refractivity contribution is 5.66. The molecule has 1 aromatic heterocycles. The molecule has 2 aromatic carbocycles. The second kappa shape index (κ2) is 5.25. The molecule has 0 aliphatic heterocycles. The smallest absolute Gasteiger partial charge is 0.134 e. The first-order valence-corrected chi connectivity index (χ1v) is 7.29. The van der Waals surface area contributed by atoms with E-state index in [0.29, 0.717) is 0 Å². The molecule has 1 heteroatoms. The molecule has 21 heavy (non-hydrogen) atoms. The molecule has 0 aliphatic rings. The van der Waals surface area contributed by atoms with E-state index in [1.54, 1.807) is 0 Å². The number of furan rings is 1. The van der Waals surface area contributed by atoms with Crippen molar-refractivity contribution in [3.8, 4) is 22.6 Å². The van der Waals surface area contributed by atoms with Crippen LogP contribution in [0.5, 0.6) is 0 Å². The summed E-state index contributed by atoms with van der Waals surface area (Å²) in [6.45, 7) is 8.52. The fourth-order valence-electron chi connectivity index (χ4n) is 2.44. The van der Waals surface area contributed by atoms with Gasteiger partial charge in [0.1, 0.15) is 11.5 Å². The molecule has 0 unspecified atom stereocenters. The normalized spacial score (nSPS) is 10.9. The van der Waals surface area contributed by atoms with Crippen molar-refractivity contribution in [1.82, 2.24) is 0 Å². The molecule has 0 saturated heterocycles. The van der Waals surface area contributed by atoms with Gasteiger partial charge in [0.05, 0.1) is 0 Å². The zero-order valence-electron chi connectivity index (χ0n) is 13.0.